The molecule has 3 nitrogen and oxygen atoms in total. The van der Waals surface area contributed by atoms with Gasteiger partial charge in [0.15, 0.2) is 0 Å². The van der Waals surface area contributed by atoms with E-state index in [1.54, 1.807) is 4.90 Å². The van der Waals surface area contributed by atoms with Crippen LogP contribution in [0.2, 0.25) is 0 Å². The normalized spacial score (nSPS) is 10.2. The smallest absolute Gasteiger partial charge is 0.273 e. The van der Waals surface area contributed by atoms with Gasteiger partial charge < -0.3 is 4.90 Å². The third kappa shape index (κ3) is 2.80. The first kappa shape index (κ1) is 11.2. The lowest BCUT2D eigenvalue weighted by molar-refractivity contribution is 0.0789. The van der Waals surface area contributed by atoms with Gasteiger partial charge >= 0.3 is 0 Å². The van der Waals surface area contributed by atoms with Crippen molar-refractivity contribution < 1.29 is 4.79 Å². The van der Waals surface area contributed by atoms with E-state index in [1.165, 1.54) is 11.5 Å². The molecule has 0 aromatic carbocycles. The zero-order valence-electron chi connectivity index (χ0n) is 8.91. The molecular formula is C10H16N2OS. The average molecular weight is 212 g/mol. The molecule has 0 saturated carbocycles. The molecule has 0 N–H and O–H groups in total. The number of aryl methyl sites for hydroxylation is 1. The summed E-state index contributed by atoms with van der Waals surface area (Å²) in [5.41, 5.74) is 0.575. The van der Waals surface area contributed by atoms with Gasteiger partial charge in [-0.2, -0.15) is 4.37 Å². The Labute approximate surface area is 88.9 Å². The lowest BCUT2D eigenvalue weighted by Gasteiger charge is -2.14. The fraction of sp³-hybridized carbons (Fsp3) is 0.600. The van der Waals surface area contributed by atoms with Crippen LogP contribution in [-0.2, 0) is 0 Å². The van der Waals surface area contributed by atoms with Gasteiger partial charge in [0, 0.05) is 18.5 Å². The molecule has 1 aromatic rings. The van der Waals surface area contributed by atoms with E-state index in [-0.39, 0.29) is 5.91 Å². The van der Waals surface area contributed by atoms with Crippen molar-refractivity contribution >= 4 is 17.4 Å². The Hall–Kier alpha value is -0.900. The van der Waals surface area contributed by atoms with Crippen LogP contribution in [-0.4, -0.2) is 28.8 Å². The Kier molecular flexibility index (Phi) is 4.07. The van der Waals surface area contributed by atoms with Crippen LogP contribution in [0.5, 0.6) is 0 Å². The highest BCUT2D eigenvalue weighted by Gasteiger charge is 2.13. The number of nitrogens with zero attached hydrogens (tertiary/aromatic N) is 2. The summed E-state index contributed by atoms with van der Waals surface area (Å²) in [6, 6.07) is 1.84. The van der Waals surface area contributed by atoms with Gasteiger partial charge in [-0.05, 0) is 30.9 Å². The monoisotopic (exact) mass is 212 g/mol. The lowest BCUT2D eigenvalue weighted by Crippen LogP contribution is -2.27. The molecule has 0 aliphatic carbocycles. The van der Waals surface area contributed by atoms with Gasteiger partial charge in [0.2, 0.25) is 0 Å². The summed E-state index contributed by atoms with van der Waals surface area (Å²) in [6.07, 6.45) is 2.15. The SMILES string of the molecule is CCCCN(C)C(=O)c1cc(C)sn1. The maximum Gasteiger partial charge on any atom is 0.273 e. The number of carbonyl (C=O) groups is 1. The van der Waals surface area contributed by atoms with Crippen LogP contribution in [0.3, 0.4) is 0 Å². The maximum atomic E-state index is 11.7. The second-order valence-electron chi connectivity index (χ2n) is 3.40. The van der Waals surface area contributed by atoms with Gasteiger partial charge in [0.25, 0.3) is 5.91 Å². The zero-order valence-corrected chi connectivity index (χ0v) is 9.73. The van der Waals surface area contributed by atoms with Gasteiger partial charge in [-0.3, -0.25) is 4.79 Å². The number of hydrogen-bond acceptors (Lipinski definition) is 3. The van der Waals surface area contributed by atoms with Crippen molar-refractivity contribution in [1.82, 2.24) is 9.27 Å². The van der Waals surface area contributed by atoms with Crippen LogP contribution in [0, 0.1) is 6.92 Å². The van der Waals surface area contributed by atoms with Crippen molar-refractivity contribution in [2.75, 3.05) is 13.6 Å². The first-order valence-electron chi connectivity index (χ1n) is 4.84. The second kappa shape index (κ2) is 5.10. The van der Waals surface area contributed by atoms with Crippen molar-refractivity contribution in [1.29, 1.82) is 0 Å². The number of aromatic nitrogens is 1. The standard InChI is InChI=1S/C10H16N2OS/c1-4-5-6-12(3)10(13)9-7-8(2)14-11-9/h7H,4-6H2,1-3H3. The molecule has 0 aliphatic rings. The van der Waals surface area contributed by atoms with E-state index in [0.29, 0.717) is 5.69 Å². The summed E-state index contributed by atoms with van der Waals surface area (Å²) in [6.45, 7) is 4.89. The molecule has 78 valence electrons. The Bertz CT molecular complexity index is 309. The van der Waals surface area contributed by atoms with E-state index in [2.05, 4.69) is 11.3 Å². The summed E-state index contributed by atoms with van der Waals surface area (Å²) in [5, 5.41) is 0. The van der Waals surface area contributed by atoms with Crippen molar-refractivity contribution in [2.45, 2.75) is 26.7 Å². The molecule has 1 heterocycles. The van der Waals surface area contributed by atoms with Gasteiger partial charge in [-0.15, -0.1) is 0 Å². The quantitative estimate of drug-likeness (QED) is 0.767. The molecule has 0 fully saturated rings. The summed E-state index contributed by atoms with van der Waals surface area (Å²) in [7, 11) is 1.83. The molecule has 0 aliphatic heterocycles. The first-order valence-corrected chi connectivity index (χ1v) is 5.61. The van der Waals surface area contributed by atoms with Crippen molar-refractivity contribution in [2.24, 2.45) is 0 Å². The molecule has 0 unspecified atom stereocenters. The van der Waals surface area contributed by atoms with Gasteiger partial charge in [0.1, 0.15) is 5.69 Å². The van der Waals surface area contributed by atoms with Crippen LogP contribution in [0.15, 0.2) is 6.07 Å². The van der Waals surface area contributed by atoms with Crippen molar-refractivity contribution in [3.63, 3.8) is 0 Å². The molecule has 4 heteroatoms. The van der Waals surface area contributed by atoms with E-state index >= 15 is 0 Å². The predicted molar refractivity (Wildman–Crippen MR) is 58.7 cm³/mol. The van der Waals surface area contributed by atoms with Crippen LogP contribution >= 0.6 is 11.5 Å². The minimum Gasteiger partial charge on any atom is -0.340 e. The number of amides is 1. The Morgan fingerprint density at radius 1 is 1.64 bits per heavy atom. The van der Waals surface area contributed by atoms with Crippen LogP contribution < -0.4 is 0 Å². The minimum atomic E-state index is 0.0304. The maximum absolute atomic E-state index is 11.7. The highest BCUT2D eigenvalue weighted by Crippen LogP contribution is 2.10. The highest BCUT2D eigenvalue weighted by molar-refractivity contribution is 7.05. The number of unbranched alkanes of at least 4 members (excludes halogenated alkanes) is 1. The minimum absolute atomic E-state index is 0.0304. The van der Waals surface area contributed by atoms with Crippen LogP contribution in [0.25, 0.3) is 0 Å². The Balaban J connectivity index is 2.56. The predicted octanol–water partition coefficient (Wildman–Crippen LogP) is 2.32. The molecule has 0 spiro atoms. The largest absolute Gasteiger partial charge is 0.340 e. The van der Waals surface area contributed by atoms with E-state index in [4.69, 9.17) is 0 Å². The summed E-state index contributed by atoms with van der Waals surface area (Å²) in [5.74, 6) is 0.0304. The molecule has 0 radical (unpaired) electrons. The summed E-state index contributed by atoms with van der Waals surface area (Å²) < 4.78 is 4.10. The van der Waals surface area contributed by atoms with Gasteiger partial charge in [0.05, 0.1) is 0 Å². The summed E-state index contributed by atoms with van der Waals surface area (Å²) in [4.78, 5) is 14.5. The van der Waals surface area contributed by atoms with E-state index in [9.17, 15) is 4.79 Å². The zero-order chi connectivity index (χ0) is 10.6. The molecule has 0 atom stereocenters. The fourth-order valence-electron chi connectivity index (χ4n) is 1.16. The summed E-state index contributed by atoms with van der Waals surface area (Å²) >= 11 is 1.38. The van der Waals surface area contributed by atoms with E-state index in [0.717, 1.165) is 24.3 Å². The van der Waals surface area contributed by atoms with Crippen molar-refractivity contribution in [3.8, 4) is 0 Å². The number of carbonyl (C=O) groups excluding carboxylic acids is 1. The molecule has 0 saturated heterocycles. The van der Waals surface area contributed by atoms with Crippen molar-refractivity contribution in [3.05, 3.63) is 16.6 Å². The topological polar surface area (TPSA) is 33.2 Å². The fourth-order valence-corrected chi connectivity index (χ4v) is 1.70. The number of hydrogen-bond donors (Lipinski definition) is 0. The molecule has 14 heavy (non-hydrogen) atoms. The molecule has 0 bridgehead atoms. The molecule has 1 rings (SSSR count). The van der Waals surface area contributed by atoms with Crippen LogP contribution in [0.1, 0.15) is 35.1 Å². The van der Waals surface area contributed by atoms with Gasteiger partial charge in [-0.25, -0.2) is 0 Å². The van der Waals surface area contributed by atoms with Gasteiger partial charge in [-0.1, -0.05) is 13.3 Å². The average Bonchev–Trinajstić information content (AvgIpc) is 2.60. The first-order chi connectivity index (χ1) is 6.65. The second-order valence-corrected chi connectivity index (χ2v) is 4.41. The lowest BCUT2D eigenvalue weighted by atomic mass is 10.3. The molecular weight excluding hydrogens is 196 g/mol. The Morgan fingerprint density at radius 2 is 2.36 bits per heavy atom. The third-order valence-corrected chi connectivity index (χ3v) is 2.73. The Morgan fingerprint density at radius 3 is 2.86 bits per heavy atom. The number of rotatable bonds is 4. The third-order valence-electron chi connectivity index (χ3n) is 2.04. The molecule has 1 aromatic heterocycles. The van der Waals surface area contributed by atoms with E-state index in [1.807, 2.05) is 20.0 Å². The van der Waals surface area contributed by atoms with Crippen LogP contribution in [0.4, 0.5) is 0 Å². The highest BCUT2D eigenvalue weighted by atomic mass is 32.1. The molecule has 1 amide bonds. The van der Waals surface area contributed by atoms with E-state index < -0.39 is 0 Å².